The van der Waals surface area contributed by atoms with E-state index in [1.165, 1.54) is 0 Å². The summed E-state index contributed by atoms with van der Waals surface area (Å²) in [4.78, 5) is 30.9. The summed E-state index contributed by atoms with van der Waals surface area (Å²) in [5, 5.41) is 2.94. The lowest BCUT2D eigenvalue weighted by atomic mass is 9.97. The van der Waals surface area contributed by atoms with Crippen molar-refractivity contribution < 1.29 is 14.3 Å². The first-order valence-electron chi connectivity index (χ1n) is 12.7. The Labute approximate surface area is 223 Å². The maximum Gasteiger partial charge on any atom is 0.322 e. The molecule has 3 aromatic carbocycles. The van der Waals surface area contributed by atoms with Crippen molar-refractivity contribution in [3.63, 3.8) is 0 Å². The van der Waals surface area contributed by atoms with Crippen LogP contribution >= 0.6 is 0 Å². The van der Waals surface area contributed by atoms with Gasteiger partial charge in [0, 0.05) is 17.9 Å². The summed E-state index contributed by atoms with van der Waals surface area (Å²) in [6.07, 6.45) is 2.02. The molecule has 2 heterocycles. The number of rotatable bonds is 6. The molecule has 0 aliphatic carbocycles. The zero-order chi connectivity index (χ0) is 26.8. The van der Waals surface area contributed by atoms with Crippen LogP contribution in [0.2, 0.25) is 0 Å². The number of para-hydroxylation sites is 2. The molecule has 1 atom stereocenters. The molecule has 4 aromatic rings. The fourth-order valence-electron chi connectivity index (χ4n) is 4.91. The van der Waals surface area contributed by atoms with E-state index >= 15 is 0 Å². The fraction of sp³-hybridized carbons (Fsp3) is 0.226. The van der Waals surface area contributed by atoms with E-state index in [2.05, 4.69) is 9.88 Å². The van der Waals surface area contributed by atoms with Crippen LogP contribution in [0.1, 0.15) is 36.7 Å². The molecule has 5 rings (SSSR count). The van der Waals surface area contributed by atoms with Crippen LogP contribution in [0.25, 0.3) is 5.69 Å². The van der Waals surface area contributed by atoms with Crippen molar-refractivity contribution in [2.24, 2.45) is 0 Å². The Bertz CT molecular complexity index is 1440. The average molecular weight is 509 g/mol. The number of urea groups is 1. The number of fused-ring (bicyclic) bond motifs is 3. The number of anilines is 2. The first-order valence-corrected chi connectivity index (χ1v) is 12.7. The van der Waals surface area contributed by atoms with Crippen LogP contribution in [0.15, 0.2) is 91.1 Å². The van der Waals surface area contributed by atoms with Gasteiger partial charge in [-0.2, -0.15) is 0 Å². The van der Waals surface area contributed by atoms with Gasteiger partial charge in [0.25, 0.3) is 0 Å². The first kappa shape index (κ1) is 25.1. The third-order valence-corrected chi connectivity index (χ3v) is 6.91. The van der Waals surface area contributed by atoms with Crippen molar-refractivity contribution in [1.82, 2.24) is 9.47 Å². The Balaban J connectivity index is 1.51. The number of carbonyl (C=O) groups is 2. The van der Waals surface area contributed by atoms with E-state index in [1.807, 2.05) is 117 Å². The quantitative estimate of drug-likeness (QED) is 0.339. The monoisotopic (exact) mass is 508 g/mol. The lowest BCUT2D eigenvalue weighted by Crippen LogP contribution is -2.49. The summed E-state index contributed by atoms with van der Waals surface area (Å²) >= 11 is 0. The van der Waals surface area contributed by atoms with E-state index in [1.54, 1.807) is 12.0 Å². The zero-order valence-electron chi connectivity index (χ0n) is 22.1. The van der Waals surface area contributed by atoms with Crippen LogP contribution in [0.4, 0.5) is 16.2 Å². The van der Waals surface area contributed by atoms with Gasteiger partial charge in [0.2, 0.25) is 5.91 Å². The van der Waals surface area contributed by atoms with Gasteiger partial charge < -0.3 is 19.5 Å². The average Bonchev–Trinajstić information content (AvgIpc) is 3.42. The van der Waals surface area contributed by atoms with E-state index in [0.29, 0.717) is 5.69 Å². The van der Waals surface area contributed by atoms with Crippen LogP contribution in [0.5, 0.6) is 5.75 Å². The van der Waals surface area contributed by atoms with Crippen LogP contribution < -0.4 is 15.0 Å². The molecule has 7 nitrogen and oxygen atoms in total. The van der Waals surface area contributed by atoms with Gasteiger partial charge in [0.15, 0.2) is 0 Å². The molecule has 1 unspecified atom stereocenters. The Morgan fingerprint density at radius 1 is 0.921 bits per heavy atom. The number of hydrogen-bond acceptors (Lipinski definition) is 3. The van der Waals surface area contributed by atoms with Gasteiger partial charge in [-0.1, -0.05) is 42.0 Å². The predicted octanol–water partition coefficient (Wildman–Crippen LogP) is 6.17. The minimum absolute atomic E-state index is 0.0724. The number of hydrogen-bond donors (Lipinski definition) is 1. The minimum atomic E-state index is -0.368. The molecule has 194 valence electrons. The van der Waals surface area contributed by atoms with Gasteiger partial charge >= 0.3 is 6.03 Å². The van der Waals surface area contributed by atoms with E-state index in [0.717, 1.165) is 33.9 Å². The van der Waals surface area contributed by atoms with E-state index in [-0.39, 0.29) is 30.6 Å². The molecule has 0 fully saturated rings. The lowest BCUT2D eigenvalue weighted by Gasteiger charge is -2.40. The van der Waals surface area contributed by atoms with Crippen molar-refractivity contribution in [3.05, 3.63) is 108 Å². The number of nitrogens with one attached hydrogen (secondary N) is 1. The largest absolute Gasteiger partial charge is 0.497 e. The van der Waals surface area contributed by atoms with E-state index in [4.69, 9.17) is 4.74 Å². The molecule has 1 aliphatic heterocycles. The van der Waals surface area contributed by atoms with Crippen LogP contribution in [0, 0.1) is 6.92 Å². The summed E-state index contributed by atoms with van der Waals surface area (Å²) in [5.74, 6) is 0.579. The summed E-state index contributed by atoms with van der Waals surface area (Å²) < 4.78 is 7.49. The molecule has 1 aromatic heterocycles. The zero-order valence-corrected chi connectivity index (χ0v) is 22.1. The molecule has 1 N–H and O–H groups in total. The Kier molecular flexibility index (Phi) is 6.92. The third-order valence-electron chi connectivity index (χ3n) is 6.91. The van der Waals surface area contributed by atoms with Crippen LogP contribution in [-0.4, -0.2) is 41.1 Å². The minimum Gasteiger partial charge on any atom is -0.497 e. The Hall–Kier alpha value is -4.52. The van der Waals surface area contributed by atoms with Crippen LogP contribution in [0.3, 0.4) is 0 Å². The van der Waals surface area contributed by atoms with Gasteiger partial charge in [-0.15, -0.1) is 0 Å². The Morgan fingerprint density at radius 2 is 1.61 bits per heavy atom. The molecule has 3 amide bonds. The highest BCUT2D eigenvalue weighted by Crippen LogP contribution is 2.42. The third kappa shape index (κ3) is 4.75. The standard InChI is InChI=1S/C31H32N4O3/c1-21(2)34(31(37)32-24-15-11-22(3)12-16-24)20-29(36)35-27-9-6-5-8-26(27)33-19-7-10-28(33)30(35)23-13-17-25(38-4)18-14-23/h5-19,21,30H,20H2,1-4H3,(H,32,37). The van der Waals surface area contributed by atoms with E-state index in [9.17, 15) is 9.59 Å². The van der Waals surface area contributed by atoms with Crippen molar-refractivity contribution in [3.8, 4) is 11.4 Å². The number of ether oxygens (including phenoxy) is 1. The highest BCUT2D eigenvalue weighted by Gasteiger charge is 2.37. The second-order valence-corrected chi connectivity index (χ2v) is 9.75. The number of carbonyl (C=O) groups excluding carboxylic acids is 2. The molecule has 0 bridgehead atoms. The molecule has 7 heteroatoms. The second kappa shape index (κ2) is 10.5. The number of nitrogens with zero attached hydrogens (tertiary/aromatic N) is 3. The van der Waals surface area contributed by atoms with Crippen molar-refractivity contribution in [2.45, 2.75) is 32.9 Å². The molecular weight excluding hydrogens is 476 g/mol. The topological polar surface area (TPSA) is 66.8 Å². The molecule has 1 aliphatic rings. The normalized spacial score (nSPS) is 14.0. The second-order valence-electron chi connectivity index (χ2n) is 9.75. The van der Waals surface area contributed by atoms with Gasteiger partial charge in [-0.3, -0.25) is 9.69 Å². The molecule has 0 saturated heterocycles. The number of amides is 3. The lowest BCUT2D eigenvalue weighted by molar-refractivity contribution is -0.119. The number of methoxy groups -OCH3 is 1. The summed E-state index contributed by atoms with van der Waals surface area (Å²) in [7, 11) is 1.63. The van der Waals surface area contributed by atoms with Gasteiger partial charge in [-0.05, 0) is 74.9 Å². The highest BCUT2D eigenvalue weighted by molar-refractivity contribution is 6.01. The molecule has 0 spiro atoms. The van der Waals surface area contributed by atoms with Gasteiger partial charge in [0.1, 0.15) is 18.3 Å². The predicted molar refractivity (Wildman–Crippen MR) is 150 cm³/mol. The van der Waals surface area contributed by atoms with E-state index < -0.39 is 0 Å². The maximum absolute atomic E-state index is 14.2. The highest BCUT2D eigenvalue weighted by atomic mass is 16.5. The molecule has 38 heavy (non-hydrogen) atoms. The molecule has 0 saturated carbocycles. The fourth-order valence-corrected chi connectivity index (χ4v) is 4.91. The number of aryl methyl sites for hydroxylation is 1. The molecule has 0 radical (unpaired) electrons. The number of aromatic nitrogens is 1. The van der Waals surface area contributed by atoms with Crippen molar-refractivity contribution in [1.29, 1.82) is 0 Å². The summed E-state index contributed by atoms with van der Waals surface area (Å²) in [5.41, 5.74) is 5.44. The SMILES string of the molecule is COc1ccc(C2c3cccn3-c3ccccc3N2C(=O)CN(C(=O)Nc2ccc(C)cc2)C(C)C)cc1. The molecular formula is C31H32N4O3. The summed E-state index contributed by atoms with van der Waals surface area (Å²) in [6, 6.07) is 26.4. The summed E-state index contributed by atoms with van der Waals surface area (Å²) in [6.45, 7) is 5.75. The van der Waals surface area contributed by atoms with Gasteiger partial charge in [-0.25, -0.2) is 4.79 Å². The Morgan fingerprint density at radius 3 is 2.26 bits per heavy atom. The smallest absolute Gasteiger partial charge is 0.322 e. The van der Waals surface area contributed by atoms with Crippen LogP contribution in [-0.2, 0) is 4.79 Å². The van der Waals surface area contributed by atoms with Crippen molar-refractivity contribution in [2.75, 3.05) is 23.9 Å². The first-order chi connectivity index (χ1) is 18.4. The number of benzene rings is 3. The van der Waals surface area contributed by atoms with Gasteiger partial charge in [0.05, 0.1) is 24.2 Å². The van der Waals surface area contributed by atoms with Crippen molar-refractivity contribution >= 4 is 23.3 Å². The maximum atomic E-state index is 14.2.